The van der Waals surface area contributed by atoms with E-state index in [-0.39, 0.29) is 17.5 Å². The predicted molar refractivity (Wildman–Crippen MR) is 70.5 cm³/mol. The minimum Gasteiger partial charge on any atom is -0.480 e. The van der Waals surface area contributed by atoms with E-state index in [2.05, 4.69) is 10.4 Å². The molecule has 0 radical (unpaired) electrons. The van der Waals surface area contributed by atoms with Gasteiger partial charge in [-0.05, 0) is 20.8 Å². The lowest BCUT2D eigenvalue weighted by Crippen LogP contribution is -2.45. The molecule has 1 heterocycles. The first-order valence-corrected chi connectivity index (χ1v) is 6.06. The molecule has 0 aliphatic heterocycles. The fraction of sp³-hybridized carbons (Fsp3) is 0.583. The average molecular weight is 285 g/mol. The molecule has 0 bridgehead atoms. The topological polar surface area (TPSA) is 113 Å². The average Bonchev–Trinajstić information content (AvgIpc) is 2.57. The van der Waals surface area contributed by atoms with Gasteiger partial charge in [-0.2, -0.15) is 0 Å². The number of carboxylic acids is 1. The third-order valence-corrected chi connectivity index (χ3v) is 2.42. The highest BCUT2D eigenvalue weighted by atomic mass is 16.6. The van der Waals surface area contributed by atoms with Crippen molar-refractivity contribution in [1.82, 2.24) is 15.1 Å². The van der Waals surface area contributed by atoms with Crippen molar-refractivity contribution in [3.8, 4) is 0 Å². The van der Waals surface area contributed by atoms with Crippen LogP contribution in [0.2, 0.25) is 0 Å². The summed E-state index contributed by atoms with van der Waals surface area (Å²) in [5.74, 6) is -1.24. The van der Waals surface area contributed by atoms with Crippen LogP contribution in [0.25, 0.3) is 0 Å². The van der Waals surface area contributed by atoms with Crippen LogP contribution in [0.4, 0.5) is 4.79 Å². The molecule has 0 fully saturated rings. The van der Waals surface area contributed by atoms with E-state index in [0.29, 0.717) is 0 Å². The van der Waals surface area contributed by atoms with Gasteiger partial charge in [0.1, 0.15) is 11.6 Å². The van der Waals surface area contributed by atoms with E-state index in [1.54, 1.807) is 20.8 Å². The van der Waals surface area contributed by atoms with Crippen LogP contribution in [0.15, 0.2) is 11.0 Å². The van der Waals surface area contributed by atoms with Gasteiger partial charge in [-0.25, -0.2) is 9.59 Å². The van der Waals surface area contributed by atoms with Gasteiger partial charge in [0.25, 0.3) is 5.56 Å². The molecule has 0 saturated carbocycles. The quantitative estimate of drug-likeness (QED) is 0.733. The normalized spacial score (nSPS) is 12.8. The van der Waals surface area contributed by atoms with Crippen LogP contribution in [0.5, 0.6) is 0 Å². The Labute approximate surface area is 115 Å². The number of nitrogens with one attached hydrogen (secondary N) is 2. The van der Waals surface area contributed by atoms with Crippen molar-refractivity contribution in [3.05, 3.63) is 22.1 Å². The summed E-state index contributed by atoms with van der Waals surface area (Å²) in [7, 11) is 1.52. The summed E-state index contributed by atoms with van der Waals surface area (Å²) in [4.78, 5) is 34.3. The number of aryl methyl sites for hydroxylation is 1. The summed E-state index contributed by atoms with van der Waals surface area (Å²) < 4.78 is 6.21. The molecule has 8 nitrogen and oxygen atoms in total. The summed E-state index contributed by atoms with van der Waals surface area (Å²) >= 11 is 0. The smallest absolute Gasteiger partial charge is 0.408 e. The first kappa shape index (κ1) is 15.8. The molecule has 1 rings (SSSR count). The lowest BCUT2D eigenvalue weighted by molar-refractivity contribution is -0.139. The van der Waals surface area contributed by atoms with Gasteiger partial charge in [0.05, 0.1) is 0 Å². The number of hydrogen-bond donors (Lipinski definition) is 3. The maximum absolute atomic E-state index is 11.6. The molecule has 3 N–H and O–H groups in total. The zero-order chi connectivity index (χ0) is 15.5. The Kier molecular flexibility index (Phi) is 4.59. The van der Waals surface area contributed by atoms with Crippen LogP contribution >= 0.6 is 0 Å². The van der Waals surface area contributed by atoms with E-state index in [1.807, 2.05) is 0 Å². The predicted octanol–water partition coefficient (Wildman–Crippen LogP) is 0.234. The molecule has 0 spiro atoms. The highest BCUT2D eigenvalue weighted by Crippen LogP contribution is 2.07. The van der Waals surface area contributed by atoms with Crippen molar-refractivity contribution >= 4 is 12.1 Å². The summed E-state index contributed by atoms with van der Waals surface area (Å²) in [6.45, 7) is 5.01. The number of aromatic nitrogens is 2. The van der Waals surface area contributed by atoms with Gasteiger partial charge in [0.15, 0.2) is 0 Å². The van der Waals surface area contributed by atoms with Gasteiger partial charge in [-0.3, -0.25) is 9.48 Å². The maximum Gasteiger partial charge on any atom is 0.408 e. The van der Waals surface area contributed by atoms with Crippen molar-refractivity contribution in [2.75, 3.05) is 0 Å². The molecule has 0 aliphatic rings. The summed E-state index contributed by atoms with van der Waals surface area (Å²) in [5, 5.41) is 14.0. The zero-order valence-electron chi connectivity index (χ0n) is 11.9. The van der Waals surface area contributed by atoms with Gasteiger partial charge in [-0.1, -0.05) is 0 Å². The Morgan fingerprint density at radius 1 is 1.50 bits per heavy atom. The standard InChI is InChI=1S/C12H19N3O5/c1-12(2,3)20-11(19)14-8(10(17)18)5-7-6-13-15(4)9(7)16/h6,8,13H,5H2,1-4H3,(H,14,19)(H,17,18)/t8-/m0/s1. The second-order valence-electron chi connectivity index (χ2n) is 5.40. The van der Waals surface area contributed by atoms with Crippen LogP contribution < -0.4 is 10.9 Å². The zero-order valence-corrected chi connectivity index (χ0v) is 11.9. The number of aromatic amines is 1. The Bertz CT molecular complexity index is 552. The second kappa shape index (κ2) is 5.81. The highest BCUT2D eigenvalue weighted by Gasteiger charge is 2.25. The number of nitrogens with zero attached hydrogens (tertiary/aromatic N) is 1. The number of carboxylic acid groups (broad SMARTS) is 1. The van der Waals surface area contributed by atoms with Crippen LogP contribution in [0.1, 0.15) is 26.3 Å². The summed E-state index contributed by atoms with van der Waals surface area (Å²) in [6, 6.07) is -1.23. The Balaban J connectivity index is 2.76. The number of carbonyl (C=O) groups excluding carboxylic acids is 1. The second-order valence-corrected chi connectivity index (χ2v) is 5.40. The minimum atomic E-state index is -1.24. The Morgan fingerprint density at radius 3 is 2.50 bits per heavy atom. The van der Waals surface area contributed by atoms with Crippen molar-refractivity contribution in [1.29, 1.82) is 0 Å². The van der Waals surface area contributed by atoms with E-state index in [4.69, 9.17) is 9.84 Å². The number of hydrogen-bond acceptors (Lipinski definition) is 4. The molecule has 0 aromatic carbocycles. The summed E-state index contributed by atoms with van der Waals surface area (Å²) in [5.41, 5.74) is -0.782. The first-order chi connectivity index (χ1) is 9.10. The summed E-state index contributed by atoms with van der Waals surface area (Å²) in [6.07, 6.45) is 0.456. The molecule has 0 aliphatic carbocycles. The highest BCUT2D eigenvalue weighted by molar-refractivity contribution is 5.80. The lowest BCUT2D eigenvalue weighted by Gasteiger charge is -2.21. The number of H-pyrrole nitrogens is 1. The number of carbonyl (C=O) groups is 2. The lowest BCUT2D eigenvalue weighted by atomic mass is 10.1. The first-order valence-electron chi connectivity index (χ1n) is 6.06. The number of aliphatic carboxylic acids is 1. The van der Waals surface area contributed by atoms with Crippen LogP contribution in [-0.4, -0.2) is 38.6 Å². The van der Waals surface area contributed by atoms with E-state index in [0.717, 1.165) is 0 Å². The number of amides is 1. The van der Waals surface area contributed by atoms with Gasteiger partial charge in [0, 0.05) is 25.2 Å². The SMILES string of the molecule is Cn1[nH]cc(C[C@H](NC(=O)OC(C)(C)C)C(=O)O)c1=O. The fourth-order valence-electron chi connectivity index (χ4n) is 1.53. The van der Waals surface area contributed by atoms with E-state index in [1.165, 1.54) is 17.9 Å². The monoisotopic (exact) mass is 285 g/mol. The van der Waals surface area contributed by atoms with Gasteiger partial charge >= 0.3 is 12.1 Å². The molecular weight excluding hydrogens is 266 g/mol. The van der Waals surface area contributed by atoms with Gasteiger partial charge in [-0.15, -0.1) is 0 Å². The van der Waals surface area contributed by atoms with Crippen molar-refractivity contribution in [2.45, 2.75) is 38.8 Å². The number of alkyl carbamates (subject to hydrolysis) is 1. The largest absolute Gasteiger partial charge is 0.480 e. The third-order valence-electron chi connectivity index (χ3n) is 2.42. The van der Waals surface area contributed by atoms with Gasteiger partial charge in [0.2, 0.25) is 0 Å². The molecule has 0 saturated heterocycles. The molecule has 20 heavy (non-hydrogen) atoms. The molecule has 1 aromatic heterocycles. The number of ether oxygens (including phenoxy) is 1. The van der Waals surface area contributed by atoms with E-state index < -0.39 is 23.7 Å². The molecule has 0 unspecified atom stereocenters. The Hall–Kier alpha value is -2.25. The molecule has 112 valence electrons. The molecular formula is C12H19N3O5. The van der Waals surface area contributed by atoms with Crippen molar-refractivity contribution in [3.63, 3.8) is 0 Å². The molecule has 1 atom stereocenters. The minimum absolute atomic E-state index is 0.120. The van der Waals surface area contributed by atoms with Crippen LogP contribution in [-0.2, 0) is 23.0 Å². The molecule has 1 aromatic rings. The van der Waals surface area contributed by atoms with Crippen LogP contribution in [0, 0.1) is 0 Å². The fourth-order valence-corrected chi connectivity index (χ4v) is 1.53. The van der Waals surface area contributed by atoms with Crippen LogP contribution in [0.3, 0.4) is 0 Å². The Morgan fingerprint density at radius 2 is 2.10 bits per heavy atom. The maximum atomic E-state index is 11.6. The third kappa shape index (κ3) is 4.45. The van der Waals surface area contributed by atoms with Crippen molar-refractivity contribution in [2.24, 2.45) is 7.05 Å². The van der Waals surface area contributed by atoms with E-state index in [9.17, 15) is 14.4 Å². The van der Waals surface area contributed by atoms with E-state index >= 15 is 0 Å². The molecule has 1 amide bonds. The van der Waals surface area contributed by atoms with Crippen molar-refractivity contribution < 1.29 is 19.4 Å². The molecule has 8 heteroatoms. The number of rotatable bonds is 4. The van der Waals surface area contributed by atoms with Gasteiger partial charge < -0.3 is 20.3 Å².